The SMILES string of the molecule is CCOP(=O)(C(=O)c1c(C)cc(C)c(NC(=O)NCCCCCCNC(=O)Nc2c(C)cc(C)c(C(=O)P(=O)(OCC)c3ccccc3)c2C)c1C)c1ccccc1. The Morgan fingerprint density at radius 3 is 1.19 bits per heavy atom. The number of nitrogens with one attached hydrogen (secondary N) is 4. The van der Waals surface area contributed by atoms with E-state index in [4.69, 9.17) is 9.05 Å². The van der Waals surface area contributed by atoms with Crippen LogP contribution in [-0.4, -0.2) is 49.4 Å². The van der Waals surface area contributed by atoms with Gasteiger partial charge in [-0.3, -0.25) is 18.7 Å². The van der Waals surface area contributed by atoms with Gasteiger partial charge in [0.2, 0.25) is 0 Å². The van der Waals surface area contributed by atoms with Gasteiger partial charge in [-0.05, 0) is 126 Å². The van der Waals surface area contributed by atoms with Crippen molar-refractivity contribution in [2.45, 2.75) is 81.1 Å². The maximum absolute atomic E-state index is 14.0. The molecule has 4 amide bonds. The predicted octanol–water partition coefficient (Wildman–Crippen LogP) is 9.60. The molecule has 0 radical (unpaired) electrons. The lowest BCUT2D eigenvalue weighted by molar-refractivity contribution is 0.104. The van der Waals surface area contributed by atoms with Gasteiger partial charge in [0, 0.05) is 46.2 Å². The predicted molar refractivity (Wildman–Crippen MR) is 233 cm³/mol. The summed E-state index contributed by atoms with van der Waals surface area (Å²) in [5, 5.41) is 12.1. The Labute approximate surface area is 342 Å². The number of amides is 4. The molecule has 4 N–H and O–H groups in total. The second-order valence-corrected chi connectivity index (χ2v) is 18.7. The first-order valence-electron chi connectivity index (χ1n) is 19.6. The molecule has 0 saturated heterocycles. The Morgan fingerprint density at radius 2 is 0.862 bits per heavy atom. The molecule has 0 aromatic heterocycles. The fourth-order valence-corrected chi connectivity index (χ4v) is 11.3. The molecular weight excluding hydrogens is 774 g/mol. The van der Waals surface area contributed by atoms with Crippen LogP contribution in [0.4, 0.5) is 21.0 Å². The van der Waals surface area contributed by atoms with E-state index in [-0.39, 0.29) is 24.3 Å². The van der Waals surface area contributed by atoms with E-state index in [1.165, 1.54) is 0 Å². The zero-order chi connectivity index (χ0) is 42.6. The first-order valence-corrected chi connectivity index (χ1v) is 22.9. The van der Waals surface area contributed by atoms with Crippen molar-refractivity contribution in [2.75, 3.05) is 36.9 Å². The van der Waals surface area contributed by atoms with Crippen LogP contribution in [0.3, 0.4) is 0 Å². The summed E-state index contributed by atoms with van der Waals surface area (Å²) in [6.45, 7) is 15.1. The number of anilines is 2. The molecule has 58 heavy (non-hydrogen) atoms. The molecule has 0 fully saturated rings. The number of hydrogen-bond acceptors (Lipinski definition) is 8. The number of carbonyl (C=O) groups excluding carboxylic acids is 4. The van der Waals surface area contributed by atoms with Crippen LogP contribution in [0.1, 0.15) is 93.6 Å². The van der Waals surface area contributed by atoms with Crippen molar-refractivity contribution in [3.63, 3.8) is 0 Å². The standard InChI is InChI=1S/C44H56N4O8P2/c1-9-55-57(53,35-21-15-13-16-22-35)41(49)37-29(3)27-31(5)39(33(37)7)47-43(51)45-25-19-11-12-20-26-46-44(52)48-40-32(6)28-30(4)38(34(40)8)42(50)58(54,56-10-2)36-23-17-14-18-24-36/h13-18,21-24,27-28H,9-12,19-20,25-26H2,1-8H3,(H2,45,47,51)(H2,46,48,52). The number of unbranched alkanes of at least 4 members (excludes halogenated alkanes) is 3. The van der Waals surface area contributed by atoms with Crippen molar-refractivity contribution in [3.05, 3.63) is 117 Å². The molecule has 4 rings (SSSR count). The summed E-state index contributed by atoms with van der Waals surface area (Å²) in [6, 6.07) is 19.7. The molecule has 2 atom stereocenters. The van der Waals surface area contributed by atoms with Gasteiger partial charge in [-0.15, -0.1) is 0 Å². The number of rotatable bonds is 19. The van der Waals surface area contributed by atoms with E-state index >= 15 is 0 Å². The molecule has 12 nitrogen and oxygen atoms in total. The summed E-state index contributed by atoms with van der Waals surface area (Å²) in [5.41, 5.74) is 4.11. The highest BCUT2D eigenvalue weighted by Crippen LogP contribution is 2.52. The van der Waals surface area contributed by atoms with Gasteiger partial charge in [0.05, 0.1) is 13.2 Å². The average molecular weight is 831 g/mol. The number of aryl methyl sites for hydroxylation is 4. The number of urea groups is 2. The molecule has 4 aromatic carbocycles. The molecule has 2 unspecified atom stereocenters. The van der Waals surface area contributed by atoms with Crippen LogP contribution in [0.15, 0.2) is 72.8 Å². The topological polar surface area (TPSA) is 169 Å². The lowest BCUT2D eigenvalue weighted by Crippen LogP contribution is -2.31. The molecule has 4 aromatic rings. The largest absolute Gasteiger partial charge is 0.338 e. The van der Waals surface area contributed by atoms with Gasteiger partial charge in [0.25, 0.3) is 11.0 Å². The smallest absolute Gasteiger partial charge is 0.319 e. The highest BCUT2D eigenvalue weighted by atomic mass is 31.2. The summed E-state index contributed by atoms with van der Waals surface area (Å²) >= 11 is 0. The molecule has 0 spiro atoms. The van der Waals surface area contributed by atoms with Crippen molar-refractivity contribution in [2.24, 2.45) is 0 Å². The van der Waals surface area contributed by atoms with Crippen molar-refractivity contribution in [3.8, 4) is 0 Å². The lowest BCUT2D eigenvalue weighted by Gasteiger charge is -2.22. The third-order valence-corrected chi connectivity index (χ3v) is 14.6. The molecule has 0 aliphatic rings. The van der Waals surface area contributed by atoms with Crippen LogP contribution >= 0.6 is 14.7 Å². The zero-order valence-corrected chi connectivity index (χ0v) is 36.5. The lowest BCUT2D eigenvalue weighted by atomic mass is 9.98. The normalized spacial score (nSPS) is 13.2. The van der Waals surface area contributed by atoms with Crippen molar-refractivity contribution < 1.29 is 37.4 Å². The van der Waals surface area contributed by atoms with Crippen LogP contribution < -0.4 is 31.9 Å². The number of benzene rings is 4. The highest BCUT2D eigenvalue weighted by Gasteiger charge is 2.39. The van der Waals surface area contributed by atoms with Gasteiger partial charge in [0.1, 0.15) is 0 Å². The number of hydrogen-bond donors (Lipinski definition) is 4. The second kappa shape index (κ2) is 20.7. The second-order valence-electron chi connectivity index (χ2n) is 14.2. The van der Waals surface area contributed by atoms with E-state index in [1.807, 2.05) is 13.8 Å². The highest BCUT2D eigenvalue weighted by molar-refractivity contribution is 7.84. The quantitative estimate of drug-likeness (QED) is 0.0535. The van der Waals surface area contributed by atoms with Gasteiger partial charge in [-0.1, -0.05) is 61.4 Å². The fourth-order valence-electron chi connectivity index (χ4n) is 7.14. The summed E-state index contributed by atoms with van der Waals surface area (Å²) < 4.78 is 39.4. The third kappa shape index (κ3) is 10.6. The van der Waals surface area contributed by atoms with Gasteiger partial charge >= 0.3 is 26.8 Å². The summed E-state index contributed by atoms with van der Waals surface area (Å²) in [5.74, 6) is 0. The molecule has 0 aliphatic carbocycles. The van der Waals surface area contributed by atoms with Crippen molar-refractivity contribution in [1.82, 2.24) is 10.6 Å². The Balaban J connectivity index is 1.27. The number of carbonyl (C=O) groups is 4. The zero-order valence-electron chi connectivity index (χ0n) is 34.7. The van der Waals surface area contributed by atoms with Crippen molar-refractivity contribution in [1.29, 1.82) is 0 Å². The monoisotopic (exact) mass is 830 g/mol. The fraction of sp³-hybridized carbons (Fsp3) is 0.364. The minimum Gasteiger partial charge on any atom is -0.338 e. The summed E-state index contributed by atoms with van der Waals surface area (Å²) in [6.07, 6.45) is 3.02. The maximum Gasteiger partial charge on any atom is 0.319 e. The van der Waals surface area contributed by atoms with E-state index < -0.39 is 37.8 Å². The minimum atomic E-state index is -3.91. The van der Waals surface area contributed by atoms with E-state index in [1.54, 1.807) is 114 Å². The van der Waals surface area contributed by atoms with E-state index in [0.717, 1.165) is 24.0 Å². The van der Waals surface area contributed by atoms with E-state index in [2.05, 4.69) is 21.3 Å². The Kier molecular flexibility index (Phi) is 16.4. The molecule has 0 heterocycles. The summed E-state index contributed by atoms with van der Waals surface area (Å²) in [4.78, 5) is 53.7. The van der Waals surface area contributed by atoms with Crippen LogP contribution in [0.25, 0.3) is 0 Å². The van der Waals surface area contributed by atoms with Crippen LogP contribution in [-0.2, 0) is 18.2 Å². The maximum atomic E-state index is 14.0. The first kappa shape index (κ1) is 45.8. The molecule has 0 aliphatic heterocycles. The molecular formula is C44H56N4O8P2. The summed E-state index contributed by atoms with van der Waals surface area (Å²) in [7, 11) is -7.82. The van der Waals surface area contributed by atoms with Gasteiger partial charge in [0.15, 0.2) is 0 Å². The third-order valence-electron chi connectivity index (χ3n) is 9.87. The molecule has 14 heteroatoms. The Hall–Kier alpha value is -4.86. The van der Waals surface area contributed by atoms with Gasteiger partial charge < -0.3 is 30.3 Å². The molecule has 310 valence electrons. The van der Waals surface area contributed by atoms with Crippen molar-refractivity contribution >= 4 is 59.8 Å². The van der Waals surface area contributed by atoms with Gasteiger partial charge in [-0.25, -0.2) is 9.59 Å². The van der Waals surface area contributed by atoms with Crippen LogP contribution in [0.5, 0.6) is 0 Å². The van der Waals surface area contributed by atoms with Crippen LogP contribution in [0.2, 0.25) is 0 Å². The first-order chi connectivity index (χ1) is 27.6. The van der Waals surface area contributed by atoms with E-state index in [0.29, 0.717) is 70.2 Å². The minimum absolute atomic E-state index is 0.0953. The Morgan fingerprint density at radius 1 is 0.517 bits per heavy atom. The Bertz CT molecular complexity index is 2070. The van der Waals surface area contributed by atoms with Crippen LogP contribution in [0, 0.1) is 41.5 Å². The molecule has 0 saturated carbocycles. The molecule has 0 bridgehead atoms. The van der Waals surface area contributed by atoms with Gasteiger partial charge in [-0.2, -0.15) is 0 Å². The average Bonchev–Trinajstić information content (AvgIpc) is 3.19. The van der Waals surface area contributed by atoms with E-state index in [9.17, 15) is 28.3 Å².